The van der Waals surface area contributed by atoms with E-state index in [1.165, 1.54) is 0 Å². The Labute approximate surface area is 95.7 Å². The van der Waals surface area contributed by atoms with Crippen LogP contribution in [-0.4, -0.2) is 29.9 Å². The highest BCUT2D eigenvalue weighted by Gasteiger charge is 2.22. The second-order valence-electron chi connectivity index (χ2n) is 3.69. The maximum atomic E-state index is 11.1. The van der Waals surface area contributed by atoms with Crippen molar-refractivity contribution in [3.63, 3.8) is 0 Å². The van der Waals surface area contributed by atoms with Crippen LogP contribution in [0.3, 0.4) is 0 Å². The third-order valence-corrected chi connectivity index (χ3v) is 3.66. The quantitative estimate of drug-likeness (QED) is 0.739. The van der Waals surface area contributed by atoms with Crippen molar-refractivity contribution >= 4 is 10.1 Å². The Bertz CT molecular complexity index is 399. The molecule has 1 rings (SSSR count). The number of hydrogen-bond acceptors (Lipinski definition) is 3. The van der Waals surface area contributed by atoms with Gasteiger partial charge in [-0.2, -0.15) is 8.42 Å². The molecule has 0 amide bonds. The van der Waals surface area contributed by atoms with Gasteiger partial charge in [0.15, 0.2) is 0 Å². The van der Waals surface area contributed by atoms with Gasteiger partial charge in [0.05, 0.1) is 5.25 Å². The third kappa shape index (κ3) is 4.30. The lowest BCUT2D eigenvalue weighted by atomic mass is 10.1. The zero-order valence-corrected chi connectivity index (χ0v) is 9.73. The molecule has 0 fully saturated rings. The average molecular weight is 244 g/mol. The van der Waals surface area contributed by atoms with Crippen LogP contribution in [0.2, 0.25) is 0 Å². The van der Waals surface area contributed by atoms with Crippen LogP contribution in [0.4, 0.5) is 0 Å². The first-order valence-electron chi connectivity index (χ1n) is 5.15. The molecule has 0 radical (unpaired) electrons. The van der Waals surface area contributed by atoms with Crippen LogP contribution < -0.4 is 0 Å². The van der Waals surface area contributed by atoms with E-state index in [9.17, 15) is 8.42 Å². The van der Waals surface area contributed by atoms with Crippen molar-refractivity contribution in [3.05, 3.63) is 35.9 Å². The topological polar surface area (TPSA) is 74.6 Å². The second kappa shape index (κ2) is 5.98. The lowest BCUT2D eigenvalue weighted by molar-refractivity contribution is 0.282. The van der Waals surface area contributed by atoms with Crippen LogP contribution in [0.5, 0.6) is 0 Å². The number of benzene rings is 1. The summed E-state index contributed by atoms with van der Waals surface area (Å²) in [5, 5.41) is 7.84. The van der Waals surface area contributed by atoms with E-state index in [-0.39, 0.29) is 19.4 Å². The van der Waals surface area contributed by atoms with Crippen LogP contribution in [0.1, 0.15) is 18.4 Å². The first-order chi connectivity index (χ1) is 7.54. The minimum Gasteiger partial charge on any atom is -0.396 e. The number of rotatable bonds is 6. The Morgan fingerprint density at radius 2 is 1.81 bits per heavy atom. The molecule has 4 nitrogen and oxygen atoms in total. The van der Waals surface area contributed by atoms with E-state index in [1.807, 2.05) is 30.3 Å². The number of aliphatic hydroxyl groups excluding tert-OH is 1. The van der Waals surface area contributed by atoms with Gasteiger partial charge in [-0.3, -0.25) is 4.55 Å². The average Bonchev–Trinajstić information content (AvgIpc) is 2.24. The molecular weight excluding hydrogens is 228 g/mol. The van der Waals surface area contributed by atoms with Gasteiger partial charge in [0.2, 0.25) is 0 Å². The highest BCUT2D eigenvalue weighted by molar-refractivity contribution is 7.86. The second-order valence-corrected chi connectivity index (χ2v) is 5.39. The van der Waals surface area contributed by atoms with E-state index >= 15 is 0 Å². The molecule has 0 aliphatic rings. The predicted molar refractivity (Wildman–Crippen MR) is 61.8 cm³/mol. The van der Waals surface area contributed by atoms with E-state index in [4.69, 9.17) is 9.66 Å². The molecule has 0 heterocycles. The minimum atomic E-state index is -4.05. The molecule has 0 saturated heterocycles. The van der Waals surface area contributed by atoms with Gasteiger partial charge in [-0.1, -0.05) is 30.3 Å². The zero-order valence-electron chi connectivity index (χ0n) is 8.91. The van der Waals surface area contributed by atoms with Gasteiger partial charge in [-0.15, -0.1) is 0 Å². The molecule has 0 aromatic heterocycles. The molecule has 0 saturated carbocycles. The van der Waals surface area contributed by atoms with Crippen molar-refractivity contribution in [1.29, 1.82) is 0 Å². The molecule has 1 aromatic rings. The van der Waals surface area contributed by atoms with E-state index in [0.717, 1.165) is 5.56 Å². The van der Waals surface area contributed by atoms with Crippen LogP contribution in [0.15, 0.2) is 30.3 Å². The van der Waals surface area contributed by atoms with Gasteiger partial charge in [0, 0.05) is 6.61 Å². The Kier molecular flexibility index (Phi) is 4.92. The molecule has 1 unspecified atom stereocenters. The lowest BCUT2D eigenvalue weighted by Gasteiger charge is -2.13. The normalized spacial score (nSPS) is 13.6. The Balaban J connectivity index is 2.72. The van der Waals surface area contributed by atoms with E-state index in [1.54, 1.807) is 0 Å². The summed E-state index contributed by atoms with van der Waals surface area (Å²) >= 11 is 0. The summed E-state index contributed by atoms with van der Waals surface area (Å²) in [7, 11) is -4.05. The summed E-state index contributed by atoms with van der Waals surface area (Å²) in [4.78, 5) is 0. The van der Waals surface area contributed by atoms with Gasteiger partial charge in [0.1, 0.15) is 0 Å². The van der Waals surface area contributed by atoms with Crippen molar-refractivity contribution in [2.45, 2.75) is 24.5 Å². The molecule has 0 bridgehead atoms. The SMILES string of the molecule is O=S(=O)(O)C(CCCO)Cc1ccccc1. The van der Waals surface area contributed by atoms with Crippen molar-refractivity contribution in [2.24, 2.45) is 0 Å². The van der Waals surface area contributed by atoms with E-state index in [0.29, 0.717) is 6.42 Å². The van der Waals surface area contributed by atoms with E-state index < -0.39 is 15.4 Å². The predicted octanol–water partition coefficient (Wildman–Crippen LogP) is 1.26. The molecule has 0 aliphatic heterocycles. The molecular formula is C11H16O4S. The highest BCUT2D eigenvalue weighted by atomic mass is 32.2. The van der Waals surface area contributed by atoms with Gasteiger partial charge in [0.25, 0.3) is 10.1 Å². The van der Waals surface area contributed by atoms with Crippen molar-refractivity contribution in [2.75, 3.05) is 6.61 Å². The van der Waals surface area contributed by atoms with Crippen LogP contribution in [-0.2, 0) is 16.5 Å². The maximum Gasteiger partial charge on any atom is 0.268 e. The third-order valence-electron chi connectivity index (χ3n) is 2.41. The molecule has 2 N–H and O–H groups in total. The Morgan fingerprint density at radius 1 is 1.19 bits per heavy atom. The maximum absolute atomic E-state index is 11.1. The van der Waals surface area contributed by atoms with Gasteiger partial charge in [-0.05, 0) is 24.8 Å². The molecule has 0 aliphatic carbocycles. The summed E-state index contributed by atoms with van der Waals surface area (Å²) in [5.41, 5.74) is 0.864. The molecule has 5 heteroatoms. The summed E-state index contributed by atoms with van der Waals surface area (Å²) in [6, 6.07) is 9.12. The Hall–Kier alpha value is -0.910. The van der Waals surface area contributed by atoms with Crippen LogP contribution >= 0.6 is 0 Å². The minimum absolute atomic E-state index is 0.0686. The summed E-state index contributed by atoms with van der Waals surface area (Å²) in [5.74, 6) is 0. The van der Waals surface area contributed by atoms with Crippen molar-refractivity contribution < 1.29 is 18.1 Å². The zero-order chi connectivity index (χ0) is 12.0. The monoisotopic (exact) mass is 244 g/mol. The lowest BCUT2D eigenvalue weighted by Crippen LogP contribution is -2.23. The Morgan fingerprint density at radius 3 is 2.31 bits per heavy atom. The smallest absolute Gasteiger partial charge is 0.268 e. The molecule has 90 valence electrons. The van der Waals surface area contributed by atoms with Crippen molar-refractivity contribution in [1.82, 2.24) is 0 Å². The molecule has 0 spiro atoms. The van der Waals surface area contributed by atoms with Gasteiger partial charge in [-0.25, -0.2) is 0 Å². The number of aliphatic hydroxyl groups is 1. The summed E-state index contributed by atoms with van der Waals surface area (Å²) in [6.07, 6.45) is 0.918. The first-order valence-corrected chi connectivity index (χ1v) is 6.65. The van der Waals surface area contributed by atoms with E-state index in [2.05, 4.69) is 0 Å². The largest absolute Gasteiger partial charge is 0.396 e. The fourth-order valence-corrected chi connectivity index (χ4v) is 2.42. The summed E-state index contributed by atoms with van der Waals surface area (Å²) in [6.45, 7) is -0.0686. The van der Waals surface area contributed by atoms with Crippen LogP contribution in [0.25, 0.3) is 0 Å². The number of hydrogen-bond donors (Lipinski definition) is 2. The van der Waals surface area contributed by atoms with Crippen LogP contribution in [0, 0.1) is 0 Å². The van der Waals surface area contributed by atoms with Crippen molar-refractivity contribution in [3.8, 4) is 0 Å². The molecule has 16 heavy (non-hydrogen) atoms. The first kappa shape index (κ1) is 13.2. The van der Waals surface area contributed by atoms with Gasteiger partial charge >= 0.3 is 0 Å². The highest BCUT2D eigenvalue weighted by Crippen LogP contribution is 2.14. The summed E-state index contributed by atoms with van der Waals surface area (Å²) < 4.78 is 31.3. The molecule has 1 aromatic carbocycles. The fraction of sp³-hybridized carbons (Fsp3) is 0.455. The van der Waals surface area contributed by atoms with Gasteiger partial charge < -0.3 is 5.11 Å². The standard InChI is InChI=1S/C11H16O4S/c12-8-4-7-11(16(13,14)15)9-10-5-2-1-3-6-10/h1-3,5-6,11-12H,4,7-9H2,(H,13,14,15). The fourth-order valence-electron chi connectivity index (χ4n) is 1.55. The molecule has 1 atom stereocenters.